The molecule has 0 fully saturated rings. The molecule has 0 radical (unpaired) electrons. The van der Waals surface area contributed by atoms with Gasteiger partial charge in [0.1, 0.15) is 18.1 Å². The largest absolute Gasteiger partial charge is 0.486 e. The first-order chi connectivity index (χ1) is 14.0. The van der Waals surface area contributed by atoms with Gasteiger partial charge in [0, 0.05) is 24.8 Å². The third-order valence-electron chi connectivity index (χ3n) is 4.35. The predicted molar refractivity (Wildman–Crippen MR) is 105 cm³/mol. The molecule has 0 aliphatic rings. The van der Waals surface area contributed by atoms with E-state index in [-0.39, 0.29) is 18.3 Å². The Labute approximate surface area is 168 Å². The van der Waals surface area contributed by atoms with Crippen LogP contribution in [0.2, 0.25) is 0 Å². The number of esters is 1. The number of carbonyl (C=O) groups is 2. The highest BCUT2D eigenvalue weighted by Gasteiger charge is 2.13. The Hall–Kier alpha value is -3.55. The van der Waals surface area contributed by atoms with Gasteiger partial charge in [0.2, 0.25) is 0 Å². The van der Waals surface area contributed by atoms with Crippen LogP contribution in [0.15, 0.2) is 47.0 Å². The maximum absolute atomic E-state index is 12.3. The lowest BCUT2D eigenvalue weighted by Crippen LogP contribution is -2.22. The number of carbonyl (C=O) groups excluding carboxylic acids is 2. The maximum atomic E-state index is 12.3. The van der Waals surface area contributed by atoms with Crippen molar-refractivity contribution in [2.45, 2.75) is 33.5 Å². The zero-order valence-electron chi connectivity index (χ0n) is 16.6. The van der Waals surface area contributed by atoms with Crippen LogP contribution in [0.25, 0.3) is 0 Å². The molecule has 29 heavy (non-hydrogen) atoms. The summed E-state index contributed by atoms with van der Waals surface area (Å²) in [6.45, 7) is 5.24. The first-order valence-corrected chi connectivity index (χ1v) is 9.21. The summed E-state index contributed by atoms with van der Waals surface area (Å²) in [5.74, 6) is 0.591. The summed E-state index contributed by atoms with van der Waals surface area (Å²) in [6, 6.07) is 9.87. The molecule has 0 aliphatic heterocycles. The first kappa shape index (κ1) is 20.2. The first-order valence-electron chi connectivity index (χ1n) is 9.21. The highest BCUT2D eigenvalue weighted by Crippen LogP contribution is 2.16. The Kier molecular flexibility index (Phi) is 6.33. The number of nitrogens with one attached hydrogen (secondary N) is 1. The van der Waals surface area contributed by atoms with Crippen molar-refractivity contribution in [3.05, 3.63) is 70.9 Å². The fraction of sp³-hybridized carbons (Fsp3) is 0.286. The molecule has 3 aromatic rings. The number of ether oxygens (including phenoxy) is 2. The van der Waals surface area contributed by atoms with E-state index in [1.165, 1.54) is 7.11 Å². The van der Waals surface area contributed by atoms with E-state index in [0.717, 1.165) is 17.8 Å². The van der Waals surface area contributed by atoms with Crippen LogP contribution < -0.4 is 10.1 Å². The number of aryl methyl sites for hydroxylation is 2. The molecule has 0 atom stereocenters. The molecule has 152 valence electrons. The second-order valence-electron chi connectivity index (χ2n) is 6.35. The number of rotatable bonds is 8. The van der Waals surface area contributed by atoms with E-state index in [0.29, 0.717) is 23.6 Å². The van der Waals surface area contributed by atoms with Crippen LogP contribution in [0.4, 0.5) is 0 Å². The summed E-state index contributed by atoms with van der Waals surface area (Å²) in [4.78, 5) is 23.7. The third kappa shape index (κ3) is 5.04. The second-order valence-corrected chi connectivity index (χ2v) is 6.35. The highest BCUT2D eigenvalue weighted by molar-refractivity contribution is 5.91. The van der Waals surface area contributed by atoms with Gasteiger partial charge in [-0.3, -0.25) is 9.48 Å². The lowest BCUT2D eigenvalue weighted by molar-refractivity contribution is 0.0600. The molecule has 0 aliphatic carbocycles. The minimum atomic E-state index is -0.407. The molecule has 2 aromatic heterocycles. The summed E-state index contributed by atoms with van der Waals surface area (Å²) in [5, 5.41) is 7.19. The molecular weight excluding hydrogens is 374 g/mol. The van der Waals surface area contributed by atoms with E-state index in [1.807, 2.05) is 24.7 Å². The molecule has 8 heteroatoms. The third-order valence-corrected chi connectivity index (χ3v) is 4.35. The summed E-state index contributed by atoms with van der Waals surface area (Å²) < 4.78 is 17.7. The van der Waals surface area contributed by atoms with Gasteiger partial charge >= 0.3 is 5.97 Å². The molecular formula is C21H23N3O5. The van der Waals surface area contributed by atoms with Crippen molar-refractivity contribution in [1.82, 2.24) is 15.1 Å². The molecule has 1 aromatic carbocycles. The fourth-order valence-corrected chi connectivity index (χ4v) is 2.69. The Morgan fingerprint density at radius 3 is 2.59 bits per heavy atom. The van der Waals surface area contributed by atoms with Crippen LogP contribution in [0.5, 0.6) is 5.75 Å². The monoisotopic (exact) mass is 397 g/mol. The van der Waals surface area contributed by atoms with Crippen molar-refractivity contribution in [3.63, 3.8) is 0 Å². The van der Waals surface area contributed by atoms with Crippen LogP contribution in [-0.4, -0.2) is 28.8 Å². The van der Waals surface area contributed by atoms with Crippen LogP contribution >= 0.6 is 0 Å². The average Bonchev–Trinajstić information content (AvgIpc) is 3.36. The molecule has 0 bridgehead atoms. The summed E-state index contributed by atoms with van der Waals surface area (Å²) >= 11 is 0. The van der Waals surface area contributed by atoms with Gasteiger partial charge in [-0.05, 0) is 50.2 Å². The van der Waals surface area contributed by atoms with E-state index < -0.39 is 5.97 Å². The van der Waals surface area contributed by atoms with Gasteiger partial charge < -0.3 is 19.2 Å². The minimum absolute atomic E-state index is 0.160. The van der Waals surface area contributed by atoms with E-state index in [9.17, 15) is 9.59 Å². The van der Waals surface area contributed by atoms with Crippen molar-refractivity contribution in [2.75, 3.05) is 7.11 Å². The molecule has 8 nitrogen and oxygen atoms in total. The smallest absolute Gasteiger partial charge is 0.337 e. The zero-order chi connectivity index (χ0) is 20.8. The Morgan fingerprint density at radius 1 is 1.17 bits per heavy atom. The van der Waals surface area contributed by atoms with E-state index in [2.05, 4.69) is 15.2 Å². The lowest BCUT2D eigenvalue weighted by Gasteiger charge is -2.05. The molecule has 0 unspecified atom stereocenters. The van der Waals surface area contributed by atoms with Crippen LogP contribution in [-0.2, 0) is 24.4 Å². The Balaban J connectivity index is 1.52. The van der Waals surface area contributed by atoms with Gasteiger partial charge in [0.15, 0.2) is 5.76 Å². The number of hydrogen-bond donors (Lipinski definition) is 1. The number of aromatic nitrogens is 2. The van der Waals surface area contributed by atoms with Gasteiger partial charge in [0.25, 0.3) is 5.91 Å². The van der Waals surface area contributed by atoms with Crippen molar-refractivity contribution < 1.29 is 23.5 Å². The second kappa shape index (κ2) is 9.09. The normalized spacial score (nSPS) is 10.6. The zero-order valence-corrected chi connectivity index (χ0v) is 16.6. The van der Waals surface area contributed by atoms with Gasteiger partial charge in [-0.25, -0.2) is 4.79 Å². The molecule has 3 rings (SSSR count). The fourth-order valence-electron chi connectivity index (χ4n) is 2.69. The molecule has 0 saturated carbocycles. The van der Waals surface area contributed by atoms with E-state index >= 15 is 0 Å². The van der Waals surface area contributed by atoms with Gasteiger partial charge in [0.05, 0.1) is 18.4 Å². The SMILES string of the molecule is CCn1cc(CNC(=O)c2ccc(COc3ccc(C(=O)OC)cc3)o2)c(C)n1. The molecule has 2 heterocycles. The summed E-state index contributed by atoms with van der Waals surface area (Å²) in [5.41, 5.74) is 2.29. The van der Waals surface area contributed by atoms with Crippen LogP contribution in [0.1, 0.15) is 44.9 Å². The quantitative estimate of drug-likeness (QED) is 0.587. The van der Waals surface area contributed by atoms with Crippen LogP contribution in [0, 0.1) is 6.92 Å². The summed E-state index contributed by atoms with van der Waals surface area (Å²) in [6.07, 6.45) is 1.92. The predicted octanol–water partition coefficient (Wildman–Crippen LogP) is 3.10. The molecule has 0 saturated heterocycles. The van der Waals surface area contributed by atoms with E-state index in [4.69, 9.17) is 9.15 Å². The molecule has 1 N–H and O–H groups in total. The Bertz CT molecular complexity index is 988. The molecule has 1 amide bonds. The number of benzene rings is 1. The molecule has 0 spiro atoms. The number of nitrogens with zero attached hydrogens (tertiary/aromatic N) is 2. The lowest BCUT2D eigenvalue weighted by atomic mass is 10.2. The van der Waals surface area contributed by atoms with Crippen molar-refractivity contribution in [3.8, 4) is 5.75 Å². The van der Waals surface area contributed by atoms with Gasteiger partial charge in [-0.2, -0.15) is 5.10 Å². The minimum Gasteiger partial charge on any atom is -0.486 e. The van der Waals surface area contributed by atoms with Crippen LogP contribution in [0.3, 0.4) is 0 Å². The maximum Gasteiger partial charge on any atom is 0.337 e. The number of methoxy groups -OCH3 is 1. The number of hydrogen-bond acceptors (Lipinski definition) is 6. The van der Waals surface area contributed by atoms with Crippen molar-refractivity contribution in [2.24, 2.45) is 0 Å². The standard InChI is InChI=1S/C21H23N3O5/c1-4-24-12-16(14(2)23-24)11-22-20(25)19-10-9-18(29-19)13-28-17-7-5-15(6-8-17)21(26)27-3/h5-10,12H,4,11,13H2,1-3H3,(H,22,25). The Morgan fingerprint density at radius 2 is 1.93 bits per heavy atom. The van der Waals surface area contributed by atoms with Gasteiger partial charge in [-0.15, -0.1) is 0 Å². The number of amides is 1. The van der Waals surface area contributed by atoms with Crippen molar-refractivity contribution >= 4 is 11.9 Å². The summed E-state index contributed by atoms with van der Waals surface area (Å²) in [7, 11) is 1.33. The average molecular weight is 397 g/mol. The number of furan rings is 1. The van der Waals surface area contributed by atoms with Crippen molar-refractivity contribution in [1.29, 1.82) is 0 Å². The highest BCUT2D eigenvalue weighted by atomic mass is 16.5. The van der Waals surface area contributed by atoms with Gasteiger partial charge in [-0.1, -0.05) is 0 Å². The topological polar surface area (TPSA) is 95.6 Å². The van der Waals surface area contributed by atoms with E-state index in [1.54, 1.807) is 36.4 Å².